The lowest BCUT2D eigenvalue weighted by molar-refractivity contribution is -0.153. The molecule has 0 aromatic heterocycles. The molecule has 1 amide bonds. The maximum Gasteiger partial charge on any atom is 0.422 e. The third kappa shape index (κ3) is 8.15. The van der Waals surface area contributed by atoms with Gasteiger partial charge in [0, 0.05) is 32.2 Å². The molecule has 0 aliphatic rings. The Hall–Kier alpha value is -3.30. The number of aryl methyl sites for hydroxylation is 1. The average Bonchev–Trinajstić information content (AvgIpc) is 2.72. The number of halogens is 4. The number of nitrogens with zero attached hydrogens (tertiary/aromatic N) is 1. The van der Waals surface area contributed by atoms with Gasteiger partial charge in [-0.15, -0.1) is 0 Å². The largest absolute Gasteiger partial charge is 0.484 e. The standard InChI is InChI=1S/C21H24F4N4O2/c1-14-7-8-15(18(11-14)31-13-21(23,24)25)12-29-20(26-2)28-10-9-27-19(30)16-5-3-4-6-17(16)22/h3-8,11H,9-10,12-13H2,1-2H3,(H,27,30)(H2,26,28,29). The van der Waals surface area contributed by atoms with Crippen LogP contribution >= 0.6 is 0 Å². The van der Waals surface area contributed by atoms with Crippen molar-refractivity contribution in [2.45, 2.75) is 19.6 Å². The van der Waals surface area contributed by atoms with Gasteiger partial charge in [-0.1, -0.05) is 24.3 Å². The minimum absolute atomic E-state index is 0.0456. The quantitative estimate of drug-likeness (QED) is 0.255. The van der Waals surface area contributed by atoms with Crippen molar-refractivity contribution in [2.24, 2.45) is 4.99 Å². The Balaban J connectivity index is 1.83. The second-order valence-corrected chi connectivity index (χ2v) is 6.60. The number of amides is 1. The van der Waals surface area contributed by atoms with Crippen LogP contribution in [0.15, 0.2) is 47.5 Å². The molecular formula is C21H24F4N4O2. The van der Waals surface area contributed by atoms with Crippen LogP contribution in [0.3, 0.4) is 0 Å². The summed E-state index contributed by atoms with van der Waals surface area (Å²) >= 11 is 0. The molecule has 0 bridgehead atoms. The summed E-state index contributed by atoms with van der Waals surface area (Å²) in [7, 11) is 1.53. The van der Waals surface area contributed by atoms with Crippen LogP contribution in [0.1, 0.15) is 21.5 Å². The lowest BCUT2D eigenvalue weighted by atomic mass is 10.1. The van der Waals surface area contributed by atoms with E-state index in [1.165, 1.54) is 31.3 Å². The van der Waals surface area contributed by atoms with Crippen molar-refractivity contribution in [3.8, 4) is 5.75 Å². The van der Waals surface area contributed by atoms with Gasteiger partial charge >= 0.3 is 6.18 Å². The molecule has 2 aromatic rings. The highest BCUT2D eigenvalue weighted by Crippen LogP contribution is 2.23. The molecule has 2 aromatic carbocycles. The maximum absolute atomic E-state index is 13.6. The van der Waals surface area contributed by atoms with Crippen LogP contribution in [0.2, 0.25) is 0 Å². The molecule has 0 atom stereocenters. The molecule has 0 heterocycles. The zero-order chi connectivity index (χ0) is 22.9. The minimum atomic E-state index is -4.43. The number of carbonyl (C=O) groups excluding carboxylic acids is 1. The van der Waals surface area contributed by atoms with Gasteiger partial charge in [0.1, 0.15) is 11.6 Å². The zero-order valence-corrected chi connectivity index (χ0v) is 17.1. The number of hydrogen-bond acceptors (Lipinski definition) is 3. The molecule has 0 unspecified atom stereocenters. The Morgan fingerprint density at radius 3 is 2.45 bits per heavy atom. The number of guanidine groups is 1. The number of carbonyl (C=O) groups is 1. The SMILES string of the molecule is CN=C(NCCNC(=O)c1ccccc1F)NCc1ccc(C)cc1OCC(F)(F)F. The number of nitrogens with one attached hydrogen (secondary N) is 3. The van der Waals surface area contributed by atoms with E-state index in [4.69, 9.17) is 4.74 Å². The average molecular weight is 440 g/mol. The number of ether oxygens (including phenoxy) is 1. The molecule has 6 nitrogen and oxygen atoms in total. The van der Waals surface area contributed by atoms with E-state index in [0.29, 0.717) is 18.1 Å². The van der Waals surface area contributed by atoms with Gasteiger partial charge in [-0.05, 0) is 30.7 Å². The molecule has 2 rings (SSSR count). The van der Waals surface area contributed by atoms with Gasteiger partial charge in [0.2, 0.25) is 0 Å². The Bertz CT molecular complexity index is 916. The topological polar surface area (TPSA) is 74.8 Å². The van der Waals surface area contributed by atoms with Crippen molar-refractivity contribution >= 4 is 11.9 Å². The van der Waals surface area contributed by atoms with Crippen LogP contribution < -0.4 is 20.7 Å². The normalized spacial score (nSPS) is 11.7. The molecule has 0 spiro atoms. The number of alkyl halides is 3. The second kappa shape index (κ2) is 11.2. The van der Waals surface area contributed by atoms with Gasteiger partial charge in [-0.25, -0.2) is 4.39 Å². The molecule has 0 saturated carbocycles. The van der Waals surface area contributed by atoms with E-state index < -0.39 is 24.5 Å². The fraction of sp³-hybridized carbons (Fsp3) is 0.333. The van der Waals surface area contributed by atoms with E-state index in [-0.39, 0.29) is 24.4 Å². The summed E-state index contributed by atoms with van der Waals surface area (Å²) in [6.07, 6.45) is -4.43. The number of hydrogen-bond donors (Lipinski definition) is 3. The highest BCUT2D eigenvalue weighted by atomic mass is 19.4. The molecule has 10 heteroatoms. The second-order valence-electron chi connectivity index (χ2n) is 6.60. The van der Waals surface area contributed by atoms with Gasteiger partial charge in [0.15, 0.2) is 12.6 Å². The Labute approximate surface area is 177 Å². The zero-order valence-electron chi connectivity index (χ0n) is 17.1. The predicted molar refractivity (Wildman–Crippen MR) is 110 cm³/mol. The van der Waals surface area contributed by atoms with Crippen molar-refractivity contribution in [1.29, 1.82) is 0 Å². The Morgan fingerprint density at radius 2 is 1.77 bits per heavy atom. The minimum Gasteiger partial charge on any atom is -0.484 e. The van der Waals surface area contributed by atoms with E-state index in [1.807, 2.05) is 0 Å². The highest BCUT2D eigenvalue weighted by Gasteiger charge is 2.28. The van der Waals surface area contributed by atoms with Gasteiger partial charge in [-0.3, -0.25) is 9.79 Å². The summed E-state index contributed by atoms with van der Waals surface area (Å²) < 4.78 is 56.0. The van der Waals surface area contributed by atoms with Crippen LogP contribution in [0.4, 0.5) is 17.6 Å². The van der Waals surface area contributed by atoms with Crippen LogP contribution in [0.25, 0.3) is 0 Å². The Kier molecular flexibility index (Phi) is 8.65. The molecule has 168 valence electrons. The molecule has 0 radical (unpaired) electrons. The molecule has 0 saturated heterocycles. The lowest BCUT2D eigenvalue weighted by Gasteiger charge is -2.16. The first-order chi connectivity index (χ1) is 14.7. The molecule has 3 N–H and O–H groups in total. The summed E-state index contributed by atoms with van der Waals surface area (Å²) in [4.78, 5) is 16.0. The fourth-order valence-corrected chi connectivity index (χ4v) is 2.60. The first-order valence-corrected chi connectivity index (χ1v) is 9.46. The maximum atomic E-state index is 13.6. The summed E-state index contributed by atoms with van der Waals surface area (Å²) in [5.74, 6) is -0.624. The Morgan fingerprint density at radius 1 is 1.06 bits per heavy atom. The van der Waals surface area contributed by atoms with Crippen LogP contribution in [0, 0.1) is 12.7 Å². The number of rotatable bonds is 8. The summed E-state index contributed by atoms with van der Waals surface area (Å²) in [5, 5.41) is 8.52. The van der Waals surface area contributed by atoms with Gasteiger partial charge in [0.25, 0.3) is 5.91 Å². The van der Waals surface area contributed by atoms with Crippen molar-refractivity contribution in [1.82, 2.24) is 16.0 Å². The van der Waals surface area contributed by atoms with E-state index in [1.54, 1.807) is 25.1 Å². The molecule has 0 aliphatic carbocycles. The number of benzene rings is 2. The van der Waals surface area contributed by atoms with E-state index in [0.717, 1.165) is 5.56 Å². The third-order valence-electron chi connectivity index (χ3n) is 4.11. The number of aliphatic imine (C=N–C) groups is 1. The first-order valence-electron chi connectivity index (χ1n) is 9.46. The summed E-state index contributed by atoms with van der Waals surface area (Å²) in [5.41, 5.74) is 1.26. The van der Waals surface area contributed by atoms with Crippen LogP contribution in [-0.2, 0) is 6.54 Å². The summed E-state index contributed by atoms with van der Waals surface area (Å²) in [6, 6.07) is 10.6. The van der Waals surface area contributed by atoms with Crippen LogP contribution in [0.5, 0.6) is 5.75 Å². The molecular weight excluding hydrogens is 416 g/mol. The summed E-state index contributed by atoms with van der Waals surface area (Å²) in [6.45, 7) is 1.06. The highest BCUT2D eigenvalue weighted by molar-refractivity contribution is 5.94. The lowest BCUT2D eigenvalue weighted by Crippen LogP contribution is -2.41. The third-order valence-corrected chi connectivity index (χ3v) is 4.11. The molecule has 31 heavy (non-hydrogen) atoms. The van der Waals surface area contributed by atoms with Crippen molar-refractivity contribution < 1.29 is 27.1 Å². The van der Waals surface area contributed by atoms with Crippen molar-refractivity contribution in [3.05, 3.63) is 65.0 Å². The van der Waals surface area contributed by atoms with Crippen molar-refractivity contribution in [2.75, 3.05) is 26.7 Å². The van der Waals surface area contributed by atoms with Crippen LogP contribution in [-0.4, -0.2) is 44.8 Å². The van der Waals surface area contributed by atoms with Gasteiger partial charge < -0.3 is 20.7 Å². The smallest absolute Gasteiger partial charge is 0.422 e. The fourth-order valence-electron chi connectivity index (χ4n) is 2.60. The van der Waals surface area contributed by atoms with Gasteiger partial charge in [0.05, 0.1) is 5.56 Å². The van der Waals surface area contributed by atoms with E-state index in [2.05, 4.69) is 20.9 Å². The predicted octanol–water partition coefficient (Wildman–Crippen LogP) is 3.17. The van der Waals surface area contributed by atoms with E-state index >= 15 is 0 Å². The molecule has 0 aliphatic heterocycles. The van der Waals surface area contributed by atoms with Gasteiger partial charge in [-0.2, -0.15) is 13.2 Å². The van der Waals surface area contributed by atoms with E-state index in [9.17, 15) is 22.4 Å². The molecule has 0 fully saturated rings. The monoisotopic (exact) mass is 440 g/mol. The first kappa shape index (κ1) is 24.0. The van der Waals surface area contributed by atoms with Crippen molar-refractivity contribution in [3.63, 3.8) is 0 Å².